The number of rotatable bonds is 4. The number of piperazine rings is 2. The number of ether oxygens (including phenoxy) is 1. The summed E-state index contributed by atoms with van der Waals surface area (Å²) >= 11 is 5.95. The molecule has 3 rings (SSSR count). The second kappa shape index (κ2) is 10.6. The summed E-state index contributed by atoms with van der Waals surface area (Å²) in [7, 11) is 0. The van der Waals surface area contributed by atoms with E-state index in [0.29, 0.717) is 64.0 Å². The minimum atomic E-state index is -0.629. The van der Waals surface area contributed by atoms with Crippen LogP contribution in [0.15, 0.2) is 24.3 Å². The van der Waals surface area contributed by atoms with E-state index in [1.54, 1.807) is 28.5 Å². The van der Waals surface area contributed by atoms with Gasteiger partial charge >= 0.3 is 12.1 Å². The van der Waals surface area contributed by atoms with Gasteiger partial charge in [0.2, 0.25) is 5.91 Å². The van der Waals surface area contributed by atoms with E-state index in [4.69, 9.17) is 16.3 Å². The Bertz CT molecular complexity index is 774. The number of amides is 4. The lowest BCUT2D eigenvalue weighted by Crippen LogP contribution is -2.58. The molecule has 1 aromatic carbocycles. The van der Waals surface area contributed by atoms with Gasteiger partial charge in [0.1, 0.15) is 6.04 Å². The molecule has 2 aliphatic heterocycles. The van der Waals surface area contributed by atoms with Crippen LogP contribution in [-0.4, -0.2) is 97.7 Å². The highest BCUT2D eigenvalue weighted by Gasteiger charge is 2.29. The lowest BCUT2D eigenvalue weighted by Gasteiger charge is -2.37. The standard InChI is InChI=1S/C21H30ClN5O4/c1-3-31-21(30)27-14-10-25(11-15-27)19(28)16(2)23-20(29)26-12-8-24(9-13-26)18-6-4-17(22)5-7-18/h4-7,16H,3,8-15H2,1-2H3,(H,23,29)/t16-/m0/s1. The summed E-state index contributed by atoms with van der Waals surface area (Å²) in [5, 5.41) is 3.51. The van der Waals surface area contributed by atoms with Crippen LogP contribution in [0.25, 0.3) is 0 Å². The Morgan fingerprint density at radius 3 is 2.06 bits per heavy atom. The third-order valence-corrected chi connectivity index (χ3v) is 5.84. The van der Waals surface area contributed by atoms with Gasteiger partial charge in [-0.15, -0.1) is 0 Å². The summed E-state index contributed by atoms with van der Waals surface area (Å²) in [5.41, 5.74) is 1.08. The van der Waals surface area contributed by atoms with E-state index in [9.17, 15) is 14.4 Å². The van der Waals surface area contributed by atoms with Gasteiger partial charge in [-0.3, -0.25) is 4.79 Å². The number of benzene rings is 1. The third kappa shape index (κ3) is 5.94. The summed E-state index contributed by atoms with van der Waals surface area (Å²) in [6, 6.07) is 6.80. The van der Waals surface area contributed by atoms with Crippen LogP contribution >= 0.6 is 11.6 Å². The van der Waals surface area contributed by atoms with Crippen molar-refractivity contribution < 1.29 is 19.1 Å². The average molecular weight is 452 g/mol. The Labute approximate surface area is 187 Å². The van der Waals surface area contributed by atoms with Gasteiger partial charge < -0.3 is 29.7 Å². The molecule has 1 aromatic rings. The van der Waals surface area contributed by atoms with Crippen molar-refractivity contribution in [3.63, 3.8) is 0 Å². The van der Waals surface area contributed by atoms with Gasteiger partial charge in [0.05, 0.1) is 6.61 Å². The molecule has 1 N–H and O–H groups in total. The number of carbonyl (C=O) groups excluding carboxylic acids is 3. The van der Waals surface area contributed by atoms with Crippen LogP contribution < -0.4 is 10.2 Å². The number of nitrogens with one attached hydrogen (secondary N) is 1. The normalized spacial score (nSPS) is 17.9. The molecule has 1 atom stereocenters. The Hall–Kier alpha value is -2.68. The maximum absolute atomic E-state index is 12.7. The van der Waals surface area contributed by atoms with Crippen LogP contribution in [0.3, 0.4) is 0 Å². The Balaban J connectivity index is 1.42. The highest BCUT2D eigenvalue weighted by molar-refractivity contribution is 6.30. The highest BCUT2D eigenvalue weighted by atomic mass is 35.5. The zero-order chi connectivity index (χ0) is 22.4. The van der Waals surface area contributed by atoms with E-state index in [0.717, 1.165) is 5.69 Å². The van der Waals surface area contributed by atoms with E-state index in [-0.39, 0.29) is 18.0 Å². The lowest BCUT2D eigenvalue weighted by molar-refractivity contribution is -0.134. The van der Waals surface area contributed by atoms with Crippen LogP contribution in [0, 0.1) is 0 Å². The number of nitrogens with zero attached hydrogens (tertiary/aromatic N) is 4. The topological polar surface area (TPSA) is 85.4 Å². The molecule has 0 saturated carbocycles. The van der Waals surface area contributed by atoms with Crippen molar-refractivity contribution in [3.8, 4) is 0 Å². The van der Waals surface area contributed by atoms with Gasteiger partial charge in [0, 0.05) is 63.1 Å². The molecule has 0 aromatic heterocycles. The lowest BCUT2D eigenvalue weighted by atomic mass is 10.2. The molecular weight excluding hydrogens is 422 g/mol. The molecule has 4 amide bonds. The minimum absolute atomic E-state index is 0.142. The SMILES string of the molecule is CCOC(=O)N1CCN(C(=O)[C@H](C)NC(=O)N2CCN(c3ccc(Cl)cc3)CC2)CC1. The quantitative estimate of drug-likeness (QED) is 0.755. The van der Waals surface area contributed by atoms with Crippen LogP contribution in [-0.2, 0) is 9.53 Å². The van der Waals surface area contributed by atoms with Crippen molar-refractivity contribution in [2.75, 3.05) is 63.9 Å². The van der Waals surface area contributed by atoms with Crippen molar-refractivity contribution in [2.45, 2.75) is 19.9 Å². The van der Waals surface area contributed by atoms with Crippen LogP contribution in [0.5, 0.6) is 0 Å². The molecule has 2 saturated heterocycles. The van der Waals surface area contributed by atoms with E-state index in [2.05, 4.69) is 10.2 Å². The van der Waals surface area contributed by atoms with Crippen molar-refractivity contribution in [2.24, 2.45) is 0 Å². The Morgan fingerprint density at radius 2 is 1.48 bits per heavy atom. The number of urea groups is 1. The molecule has 0 bridgehead atoms. The average Bonchev–Trinajstić information content (AvgIpc) is 2.79. The zero-order valence-electron chi connectivity index (χ0n) is 18.1. The summed E-state index contributed by atoms with van der Waals surface area (Å²) in [6.45, 7) is 8.09. The van der Waals surface area contributed by atoms with Crippen molar-refractivity contribution in [3.05, 3.63) is 29.3 Å². The first-order valence-electron chi connectivity index (χ1n) is 10.7. The van der Waals surface area contributed by atoms with Crippen molar-refractivity contribution >= 4 is 35.3 Å². The molecule has 2 fully saturated rings. The summed E-state index contributed by atoms with van der Waals surface area (Å²) in [4.78, 5) is 44.4. The molecule has 9 nitrogen and oxygen atoms in total. The number of anilines is 1. The van der Waals surface area contributed by atoms with Gasteiger partial charge in [0.25, 0.3) is 0 Å². The van der Waals surface area contributed by atoms with Crippen molar-refractivity contribution in [1.82, 2.24) is 20.0 Å². The second-order valence-corrected chi connectivity index (χ2v) is 8.07. The predicted octanol–water partition coefficient (Wildman–Crippen LogP) is 1.86. The second-order valence-electron chi connectivity index (χ2n) is 7.63. The summed E-state index contributed by atoms with van der Waals surface area (Å²) in [6.07, 6.45) is -0.353. The van der Waals surface area contributed by atoms with Crippen LogP contribution in [0.4, 0.5) is 15.3 Å². The third-order valence-electron chi connectivity index (χ3n) is 5.59. The fourth-order valence-corrected chi connectivity index (χ4v) is 3.88. The number of carbonyl (C=O) groups is 3. The van der Waals surface area contributed by atoms with Crippen molar-refractivity contribution in [1.29, 1.82) is 0 Å². The van der Waals surface area contributed by atoms with Crippen LogP contribution in [0.1, 0.15) is 13.8 Å². The van der Waals surface area contributed by atoms with E-state index < -0.39 is 6.04 Å². The van der Waals surface area contributed by atoms with Crippen LogP contribution in [0.2, 0.25) is 5.02 Å². The largest absolute Gasteiger partial charge is 0.450 e. The number of hydrogen-bond donors (Lipinski definition) is 1. The molecule has 0 radical (unpaired) electrons. The summed E-state index contributed by atoms with van der Waals surface area (Å²) in [5.74, 6) is -0.142. The minimum Gasteiger partial charge on any atom is -0.450 e. The molecule has 0 unspecified atom stereocenters. The fraction of sp³-hybridized carbons (Fsp3) is 0.571. The first-order chi connectivity index (χ1) is 14.9. The van der Waals surface area contributed by atoms with E-state index in [1.165, 1.54) is 0 Å². The van der Waals surface area contributed by atoms with Gasteiger partial charge in [-0.25, -0.2) is 9.59 Å². The first-order valence-corrected chi connectivity index (χ1v) is 11.0. The molecule has 2 heterocycles. The van der Waals surface area contributed by atoms with E-state index >= 15 is 0 Å². The maximum Gasteiger partial charge on any atom is 0.409 e. The van der Waals surface area contributed by atoms with Gasteiger partial charge in [-0.2, -0.15) is 0 Å². The first kappa shape index (κ1) is 23.0. The Kier molecular flexibility index (Phi) is 7.84. The summed E-state index contributed by atoms with van der Waals surface area (Å²) < 4.78 is 5.00. The zero-order valence-corrected chi connectivity index (χ0v) is 18.8. The smallest absolute Gasteiger partial charge is 0.409 e. The molecule has 10 heteroatoms. The van der Waals surface area contributed by atoms with Gasteiger partial charge in [-0.05, 0) is 38.1 Å². The predicted molar refractivity (Wildman–Crippen MR) is 118 cm³/mol. The highest BCUT2D eigenvalue weighted by Crippen LogP contribution is 2.19. The monoisotopic (exact) mass is 451 g/mol. The molecule has 0 spiro atoms. The molecule has 31 heavy (non-hydrogen) atoms. The van der Waals surface area contributed by atoms with Gasteiger partial charge in [-0.1, -0.05) is 11.6 Å². The Morgan fingerprint density at radius 1 is 0.935 bits per heavy atom. The molecule has 0 aliphatic carbocycles. The molecule has 170 valence electrons. The number of halogens is 1. The van der Waals surface area contributed by atoms with Gasteiger partial charge in [0.15, 0.2) is 0 Å². The molecular formula is C21H30ClN5O4. The molecule has 2 aliphatic rings. The maximum atomic E-state index is 12.7. The fourth-order valence-electron chi connectivity index (χ4n) is 3.76. The van der Waals surface area contributed by atoms with E-state index in [1.807, 2.05) is 24.3 Å². The number of hydrogen-bond acceptors (Lipinski definition) is 5.